The molecule has 0 radical (unpaired) electrons. The van der Waals surface area contributed by atoms with Crippen molar-refractivity contribution >= 4 is 12.1 Å². The second-order valence-electron chi connectivity index (χ2n) is 7.96. The van der Waals surface area contributed by atoms with Gasteiger partial charge < -0.3 is 24.2 Å². The Kier molecular flexibility index (Phi) is 7.28. The zero-order chi connectivity index (χ0) is 25.7. The fraction of sp³-hybridized carbons (Fsp3) is 0.240. The zero-order valence-corrected chi connectivity index (χ0v) is 18.8. The first-order chi connectivity index (χ1) is 17.2. The first kappa shape index (κ1) is 24.8. The van der Waals surface area contributed by atoms with Gasteiger partial charge >= 0.3 is 18.2 Å². The van der Waals surface area contributed by atoms with E-state index in [0.717, 1.165) is 12.1 Å². The number of piperidine rings is 1. The number of hydrogen-bond donors (Lipinski definition) is 1. The summed E-state index contributed by atoms with van der Waals surface area (Å²) >= 11 is 0. The molecule has 0 bridgehead atoms. The number of carbonyl (C=O) groups is 2. The van der Waals surface area contributed by atoms with Gasteiger partial charge in [0, 0.05) is 38.2 Å². The minimum Gasteiger partial charge on any atom is -0.490 e. The van der Waals surface area contributed by atoms with E-state index < -0.39 is 23.8 Å². The number of aromatic carboxylic acids is 1. The highest BCUT2D eigenvalue weighted by Gasteiger charge is 2.30. The van der Waals surface area contributed by atoms with Crippen molar-refractivity contribution in [1.29, 1.82) is 0 Å². The van der Waals surface area contributed by atoms with Crippen molar-refractivity contribution in [1.82, 2.24) is 9.88 Å². The van der Waals surface area contributed by atoms with Gasteiger partial charge in [-0.3, -0.25) is 0 Å². The van der Waals surface area contributed by atoms with Crippen molar-refractivity contribution in [3.05, 3.63) is 78.0 Å². The second kappa shape index (κ2) is 10.5. The average Bonchev–Trinajstić information content (AvgIpc) is 2.86. The number of likely N-dealkylation sites (tertiary alicyclic amines) is 1. The van der Waals surface area contributed by atoms with E-state index in [1.54, 1.807) is 17.0 Å². The van der Waals surface area contributed by atoms with Gasteiger partial charge in [-0.1, -0.05) is 0 Å². The first-order valence-electron chi connectivity index (χ1n) is 11.0. The van der Waals surface area contributed by atoms with Gasteiger partial charge in [-0.05, 0) is 54.6 Å². The van der Waals surface area contributed by atoms with E-state index in [2.05, 4.69) is 4.98 Å². The molecule has 2 heterocycles. The smallest absolute Gasteiger partial charge is 0.417 e. The van der Waals surface area contributed by atoms with Crippen LogP contribution in [0.3, 0.4) is 0 Å². The predicted molar refractivity (Wildman–Crippen MR) is 120 cm³/mol. The summed E-state index contributed by atoms with van der Waals surface area (Å²) in [7, 11) is 0. The zero-order valence-electron chi connectivity index (χ0n) is 18.8. The molecule has 0 spiro atoms. The van der Waals surface area contributed by atoms with E-state index in [-0.39, 0.29) is 23.3 Å². The Hall–Kier alpha value is -4.28. The maximum absolute atomic E-state index is 12.6. The molecule has 11 heteroatoms. The standard InChI is InChI=1S/C25H21F3N2O6/c26-25(27,28)17-3-10-22(29-15-17)35-19-6-8-20(9-7-19)36-24(33)30-13-11-21(12-14-30)34-18-4-1-16(2-5-18)23(31)32/h1-10,15,21H,11-14H2,(H,31,32). The third kappa shape index (κ3) is 6.44. The molecule has 1 aromatic heterocycles. The molecule has 3 aromatic rings. The van der Waals surface area contributed by atoms with E-state index in [4.69, 9.17) is 19.3 Å². The topological polar surface area (TPSA) is 98.2 Å². The van der Waals surface area contributed by atoms with Crippen LogP contribution >= 0.6 is 0 Å². The SMILES string of the molecule is O=C(O)c1ccc(OC2CCN(C(=O)Oc3ccc(Oc4ccc(C(F)(F)F)cn4)cc3)CC2)cc1. The average molecular weight is 502 g/mol. The van der Waals surface area contributed by atoms with E-state index in [1.807, 2.05) is 0 Å². The number of rotatable bonds is 6. The van der Waals surface area contributed by atoms with Crippen LogP contribution in [0.2, 0.25) is 0 Å². The number of carboxylic acid groups (broad SMARTS) is 1. The number of carbonyl (C=O) groups excluding carboxylic acids is 1. The Bertz CT molecular complexity index is 1190. The molecule has 1 N–H and O–H groups in total. The number of amides is 1. The van der Waals surface area contributed by atoms with Crippen LogP contribution in [0.25, 0.3) is 0 Å². The molecule has 8 nitrogen and oxygen atoms in total. The molecule has 4 rings (SSSR count). The number of aromatic nitrogens is 1. The first-order valence-corrected chi connectivity index (χ1v) is 11.0. The molecule has 1 fully saturated rings. The van der Waals surface area contributed by atoms with Gasteiger partial charge in [-0.25, -0.2) is 14.6 Å². The summed E-state index contributed by atoms with van der Waals surface area (Å²) in [5, 5.41) is 8.96. The molecular formula is C25H21F3N2O6. The molecular weight excluding hydrogens is 481 g/mol. The van der Waals surface area contributed by atoms with Gasteiger partial charge in [0.25, 0.3) is 0 Å². The van der Waals surface area contributed by atoms with E-state index in [1.165, 1.54) is 36.4 Å². The molecule has 188 valence electrons. The summed E-state index contributed by atoms with van der Waals surface area (Å²) in [5.74, 6) is 0.151. The third-order valence-electron chi connectivity index (χ3n) is 5.42. The summed E-state index contributed by atoms with van der Waals surface area (Å²) in [6, 6.07) is 14.2. The van der Waals surface area contributed by atoms with Crippen LogP contribution in [0.1, 0.15) is 28.8 Å². The fourth-order valence-corrected chi connectivity index (χ4v) is 3.49. The number of carboxylic acids is 1. The number of hydrogen-bond acceptors (Lipinski definition) is 6. The van der Waals surface area contributed by atoms with E-state index in [9.17, 15) is 22.8 Å². The fourth-order valence-electron chi connectivity index (χ4n) is 3.49. The van der Waals surface area contributed by atoms with Crippen molar-refractivity contribution in [2.45, 2.75) is 25.1 Å². The van der Waals surface area contributed by atoms with Gasteiger partial charge in [-0.15, -0.1) is 0 Å². The van der Waals surface area contributed by atoms with Crippen LogP contribution in [0.15, 0.2) is 66.9 Å². The van der Waals surface area contributed by atoms with Crippen LogP contribution in [-0.2, 0) is 6.18 Å². The minimum atomic E-state index is -4.48. The summed E-state index contributed by atoms with van der Waals surface area (Å²) in [4.78, 5) is 28.6. The third-order valence-corrected chi connectivity index (χ3v) is 5.42. The number of alkyl halides is 3. The maximum atomic E-state index is 12.6. The largest absolute Gasteiger partial charge is 0.490 e. The number of nitrogens with zero attached hydrogens (tertiary/aromatic N) is 2. The van der Waals surface area contributed by atoms with Crippen LogP contribution in [0.4, 0.5) is 18.0 Å². The van der Waals surface area contributed by atoms with Gasteiger partial charge in [0.2, 0.25) is 5.88 Å². The molecule has 2 aromatic carbocycles. The van der Waals surface area contributed by atoms with Crippen LogP contribution in [0.5, 0.6) is 23.1 Å². The molecule has 1 aliphatic heterocycles. The van der Waals surface area contributed by atoms with Gasteiger partial charge in [-0.2, -0.15) is 13.2 Å². The van der Waals surface area contributed by atoms with Gasteiger partial charge in [0.1, 0.15) is 23.4 Å². The Morgan fingerprint density at radius 1 is 0.889 bits per heavy atom. The van der Waals surface area contributed by atoms with Crippen molar-refractivity contribution in [2.75, 3.05) is 13.1 Å². The molecule has 1 saturated heterocycles. The molecule has 0 unspecified atom stereocenters. The molecule has 36 heavy (non-hydrogen) atoms. The lowest BCUT2D eigenvalue weighted by molar-refractivity contribution is -0.137. The normalized spacial score (nSPS) is 14.2. The van der Waals surface area contributed by atoms with Gasteiger partial charge in [0.15, 0.2) is 0 Å². The van der Waals surface area contributed by atoms with Crippen molar-refractivity contribution in [3.63, 3.8) is 0 Å². The molecule has 0 aliphatic carbocycles. The quantitative estimate of drug-likeness (QED) is 0.466. The number of pyridine rings is 1. The monoisotopic (exact) mass is 502 g/mol. The molecule has 1 amide bonds. The van der Waals surface area contributed by atoms with E-state index in [0.29, 0.717) is 43.6 Å². The highest BCUT2D eigenvalue weighted by molar-refractivity contribution is 5.87. The summed E-state index contributed by atoms with van der Waals surface area (Å²) < 4.78 is 54.6. The van der Waals surface area contributed by atoms with Gasteiger partial charge in [0.05, 0.1) is 11.1 Å². The van der Waals surface area contributed by atoms with Crippen molar-refractivity contribution in [3.8, 4) is 23.1 Å². The molecule has 1 aliphatic rings. The maximum Gasteiger partial charge on any atom is 0.417 e. The number of ether oxygens (including phenoxy) is 3. The Morgan fingerprint density at radius 3 is 2.06 bits per heavy atom. The minimum absolute atomic E-state index is 0.00402. The van der Waals surface area contributed by atoms with Crippen LogP contribution in [0, 0.1) is 0 Å². The summed E-state index contributed by atoms with van der Waals surface area (Å²) in [6.45, 7) is 0.856. The lowest BCUT2D eigenvalue weighted by atomic mass is 10.1. The van der Waals surface area contributed by atoms with Crippen LogP contribution < -0.4 is 14.2 Å². The lowest BCUT2D eigenvalue weighted by Gasteiger charge is -2.31. The Morgan fingerprint density at radius 2 is 1.50 bits per heavy atom. The van der Waals surface area contributed by atoms with Crippen molar-refractivity contribution in [2.24, 2.45) is 0 Å². The Balaban J connectivity index is 1.24. The highest BCUT2D eigenvalue weighted by Crippen LogP contribution is 2.30. The van der Waals surface area contributed by atoms with Crippen LogP contribution in [-0.4, -0.2) is 46.2 Å². The predicted octanol–water partition coefficient (Wildman–Crippen LogP) is 5.63. The van der Waals surface area contributed by atoms with Crippen molar-refractivity contribution < 1.29 is 42.1 Å². The highest BCUT2D eigenvalue weighted by atomic mass is 19.4. The number of halogens is 3. The van der Waals surface area contributed by atoms with E-state index >= 15 is 0 Å². The second-order valence-corrected chi connectivity index (χ2v) is 7.96. The lowest BCUT2D eigenvalue weighted by Crippen LogP contribution is -2.43. The number of benzene rings is 2. The molecule has 0 saturated carbocycles. The molecule has 0 atom stereocenters. The summed E-state index contributed by atoms with van der Waals surface area (Å²) in [5.41, 5.74) is -0.696. The Labute approximate surface area is 203 Å². The summed E-state index contributed by atoms with van der Waals surface area (Å²) in [6.07, 6.45) is -3.24.